The highest BCUT2D eigenvalue weighted by molar-refractivity contribution is 7.89. The van der Waals surface area contributed by atoms with Crippen LogP contribution in [0.5, 0.6) is 0 Å². The van der Waals surface area contributed by atoms with Gasteiger partial charge in [-0.3, -0.25) is 9.69 Å². The number of aryl methyl sites for hydroxylation is 1. The summed E-state index contributed by atoms with van der Waals surface area (Å²) in [4.78, 5) is 17.0. The van der Waals surface area contributed by atoms with Gasteiger partial charge < -0.3 is 14.4 Å². The Morgan fingerprint density at radius 2 is 1.76 bits per heavy atom. The number of piperazine rings is 1. The topological polar surface area (TPSA) is 79.4 Å². The van der Waals surface area contributed by atoms with Gasteiger partial charge in [-0.25, -0.2) is 8.42 Å². The summed E-state index contributed by atoms with van der Waals surface area (Å²) in [5, 5.41) is 0. The Morgan fingerprint density at radius 3 is 2.39 bits per heavy atom. The van der Waals surface area contributed by atoms with Crippen molar-refractivity contribution in [2.24, 2.45) is 0 Å². The molecule has 0 unspecified atom stereocenters. The number of sulfonamides is 1. The van der Waals surface area contributed by atoms with Crippen molar-refractivity contribution in [2.75, 3.05) is 72.2 Å². The Bertz CT molecular complexity index is 912. The van der Waals surface area contributed by atoms with E-state index in [0.717, 1.165) is 0 Å². The van der Waals surface area contributed by atoms with Gasteiger partial charge in [-0.2, -0.15) is 17.5 Å². The van der Waals surface area contributed by atoms with Gasteiger partial charge >= 0.3 is 6.18 Å². The lowest BCUT2D eigenvalue weighted by atomic mass is 10.1. The second-order valence-electron chi connectivity index (χ2n) is 8.15. The molecule has 2 aliphatic heterocycles. The van der Waals surface area contributed by atoms with Crippen LogP contribution < -0.4 is 0 Å². The monoisotopic (exact) mass is 493 g/mol. The van der Waals surface area contributed by atoms with E-state index in [2.05, 4.69) is 9.64 Å². The summed E-state index contributed by atoms with van der Waals surface area (Å²) >= 11 is 0. The number of carbonyl (C=O) groups is 1. The zero-order chi connectivity index (χ0) is 24.1. The fraction of sp³-hybridized carbons (Fsp3) is 0.667. The van der Waals surface area contributed by atoms with E-state index in [1.807, 2.05) is 0 Å². The van der Waals surface area contributed by atoms with E-state index in [0.29, 0.717) is 63.5 Å². The minimum absolute atomic E-state index is 0.0300. The van der Waals surface area contributed by atoms with Gasteiger partial charge in [-0.1, -0.05) is 6.07 Å². The van der Waals surface area contributed by atoms with Crippen molar-refractivity contribution in [3.05, 3.63) is 29.3 Å². The largest absolute Gasteiger partial charge is 0.411 e. The number of rotatable bonds is 8. The Balaban J connectivity index is 1.55. The highest BCUT2D eigenvalue weighted by Crippen LogP contribution is 2.22. The molecule has 0 radical (unpaired) electrons. The van der Waals surface area contributed by atoms with Crippen LogP contribution in [0.2, 0.25) is 0 Å². The first-order valence-corrected chi connectivity index (χ1v) is 12.4. The van der Waals surface area contributed by atoms with E-state index in [1.165, 1.54) is 16.4 Å². The fourth-order valence-corrected chi connectivity index (χ4v) is 5.29. The number of hydrogen-bond donors (Lipinski definition) is 0. The first-order valence-electron chi connectivity index (χ1n) is 10.9. The molecular formula is C21H30F3N3O5S. The van der Waals surface area contributed by atoms with Crippen LogP contribution in [-0.2, 0) is 19.5 Å². The van der Waals surface area contributed by atoms with Crippen LogP contribution in [0.4, 0.5) is 13.2 Å². The van der Waals surface area contributed by atoms with Crippen LogP contribution >= 0.6 is 0 Å². The SMILES string of the molecule is Cc1ccc(S(=O)(=O)N2CCOCC2)cc1C(=O)N1CCN(CCCOCC(F)(F)F)CC1. The summed E-state index contributed by atoms with van der Waals surface area (Å²) in [5.74, 6) is -0.223. The molecule has 12 heteroatoms. The molecule has 0 aliphatic carbocycles. The molecule has 0 bridgehead atoms. The minimum atomic E-state index is -4.32. The molecule has 1 amide bonds. The number of halogens is 3. The Kier molecular flexibility index (Phi) is 8.73. The van der Waals surface area contributed by atoms with E-state index in [4.69, 9.17) is 4.74 Å². The highest BCUT2D eigenvalue weighted by Gasteiger charge is 2.29. The molecule has 2 saturated heterocycles. The van der Waals surface area contributed by atoms with E-state index < -0.39 is 22.8 Å². The fourth-order valence-electron chi connectivity index (χ4n) is 3.85. The van der Waals surface area contributed by atoms with Crippen LogP contribution in [0.15, 0.2) is 23.1 Å². The second-order valence-corrected chi connectivity index (χ2v) is 10.1. The standard InChI is InChI=1S/C21H30F3N3O5S/c1-17-3-4-18(33(29,30)27-10-13-31-14-11-27)15-19(17)20(28)26-8-6-25(7-9-26)5-2-12-32-16-21(22,23)24/h3-4,15H,2,5-14,16H2,1H3. The number of carbonyl (C=O) groups excluding carboxylic acids is 1. The molecule has 0 N–H and O–H groups in total. The summed E-state index contributed by atoms with van der Waals surface area (Å²) in [7, 11) is -3.71. The maximum Gasteiger partial charge on any atom is 0.411 e. The molecule has 1 aromatic rings. The number of hydrogen-bond acceptors (Lipinski definition) is 6. The molecule has 186 valence electrons. The van der Waals surface area contributed by atoms with Gasteiger partial charge in [0.15, 0.2) is 0 Å². The van der Waals surface area contributed by atoms with Crippen molar-refractivity contribution >= 4 is 15.9 Å². The van der Waals surface area contributed by atoms with E-state index >= 15 is 0 Å². The Labute approximate surface area is 192 Å². The van der Waals surface area contributed by atoms with Gasteiger partial charge in [0.25, 0.3) is 5.91 Å². The van der Waals surface area contributed by atoms with Crippen molar-refractivity contribution in [3.8, 4) is 0 Å². The molecule has 3 rings (SSSR count). The lowest BCUT2D eigenvalue weighted by molar-refractivity contribution is -0.174. The predicted molar refractivity (Wildman–Crippen MR) is 115 cm³/mol. The molecular weight excluding hydrogens is 463 g/mol. The number of nitrogens with zero attached hydrogens (tertiary/aromatic N) is 3. The minimum Gasteiger partial charge on any atom is -0.379 e. The highest BCUT2D eigenvalue weighted by atomic mass is 32.2. The van der Waals surface area contributed by atoms with Crippen molar-refractivity contribution < 1.29 is 35.9 Å². The quantitative estimate of drug-likeness (QED) is 0.514. The molecule has 0 spiro atoms. The normalized spacial score (nSPS) is 19.1. The molecule has 8 nitrogen and oxygen atoms in total. The first-order chi connectivity index (χ1) is 15.6. The van der Waals surface area contributed by atoms with Gasteiger partial charge in [-0.05, 0) is 31.0 Å². The van der Waals surface area contributed by atoms with Crippen LogP contribution in [0.1, 0.15) is 22.3 Å². The zero-order valence-corrected chi connectivity index (χ0v) is 19.5. The van der Waals surface area contributed by atoms with Gasteiger partial charge in [0.05, 0.1) is 18.1 Å². The lowest BCUT2D eigenvalue weighted by Crippen LogP contribution is -2.49. The van der Waals surface area contributed by atoms with Crippen LogP contribution in [0, 0.1) is 6.92 Å². The average molecular weight is 494 g/mol. The van der Waals surface area contributed by atoms with Crippen molar-refractivity contribution in [3.63, 3.8) is 0 Å². The molecule has 2 fully saturated rings. The number of ether oxygens (including phenoxy) is 2. The third-order valence-corrected chi connectivity index (χ3v) is 7.63. The van der Waals surface area contributed by atoms with Crippen LogP contribution in [0.3, 0.4) is 0 Å². The molecule has 0 saturated carbocycles. The average Bonchev–Trinajstić information content (AvgIpc) is 2.79. The molecule has 33 heavy (non-hydrogen) atoms. The molecule has 2 aliphatic rings. The smallest absolute Gasteiger partial charge is 0.379 e. The molecule has 1 aromatic carbocycles. The first kappa shape index (κ1) is 25.9. The van der Waals surface area contributed by atoms with Gasteiger partial charge in [0, 0.05) is 58.0 Å². The molecule has 0 atom stereocenters. The van der Waals surface area contributed by atoms with E-state index in [9.17, 15) is 26.4 Å². The van der Waals surface area contributed by atoms with Gasteiger partial charge in [-0.15, -0.1) is 0 Å². The van der Waals surface area contributed by atoms with Crippen molar-refractivity contribution in [2.45, 2.75) is 24.4 Å². The second kappa shape index (κ2) is 11.1. The number of morpholine rings is 1. The molecule has 0 aromatic heterocycles. The number of amides is 1. The van der Waals surface area contributed by atoms with Crippen LogP contribution in [-0.4, -0.2) is 107 Å². The van der Waals surface area contributed by atoms with Gasteiger partial charge in [0.2, 0.25) is 10.0 Å². The van der Waals surface area contributed by atoms with Crippen LogP contribution in [0.25, 0.3) is 0 Å². The summed E-state index contributed by atoms with van der Waals surface area (Å²) in [6, 6.07) is 4.63. The van der Waals surface area contributed by atoms with E-state index in [1.54, 1.807) is 17.9 Å². The van der Waals surface area contributed by atoms with Crippen molar-refractivity contribution in [1.82, 2.24) is 14.1 Å². The molecule has 2 heterocycles. The third kappa shape index (κ3) is 7.12. The summed E-state index contributed by atoms with van der Waals surface area (Å²) in [6.07, 6.45) is -3.84. The third-order valence-electron chi connectivity index (χ3n) is 5.74. The maximum absolute atomic E-state index is 13.1. The van der Waals surface area contributed by atoms with Crippen molar-refractivity contribution in [1.29, 1.82) is 0 Å². The Morgan fingerprint density at radius 1 is 1.09 bits per heavy atom. The number of alkyl halides is 3. The lowest BCUT2D eigenvalue weighted by Gasteiger charge is -2.35. The predicted octanol–water partition coefficient (Wildman–Crippen LogP) is 1.74. The zero-order valence-electron chi connectivity index (χ0n) is 18.6. The summed E-state index contributed by atoms with van der Waals surface area (Å²) in [6.45, 7) is 4.51. The maximum atomic E-state index is 13.1. The van der Waals surface area contributed by atoms with Gasteiger partial charge in [0.1, 0.15) is 6.61 Å². The Hall–Kier alpha value is -1.73. The summed E-state index contributed by atoms with van der Waals surface area (Å²) < 4.78 is 73.4. The number of benzene rings is 1. The summed E-state index contributed by atoms with van der Waals surface area (Å²) in [5.41, 5.74) is 1.06. The van der Waals surface area contributed by atoms with E-state index in [-0.39, 0.29) is 30.5 Å².